The summed E-state index contributed by atoms with van der Waals surface area (Å²) >= 11 is 0. The van der Waals surface area contributed by atoms with Crippen molar-refractivity contribution >= 4 is 5.91 Å². The van der Waals surface area contributed by atoms with Gasteiger partial charge in [-0.1, -0.05) is 6.92 Å². The van der Waals surface area contributed by atoms with Crippen molar-refractivity contribution in [1.82, 2.24) is 9.80 Å². The second-order valence-electron chi connectivity index (χ2n) is 4.69. The molecule has 1 amide bonds. The van der Waals surface area contributed by atoms with Crippen molar-refractivity contribution in [3.8, 4) is 6.07 Å². The maximum Gasteiger partial charge on any atom is 0.236 e. The monoisotopic (exact) mass is 253 g/mol. The molecule has 0 saturated carbocycles. The number of amides is 1. The van der Waals surface area contributed by atoms with E-state index in [-0.39, 0.29) is 12.0 Å². The maximum absolute atomic E-state index is 11.9. The first kappa shape index (κ1) is 14.9. The predicted octanol–water partition coefficient (Wildman–Crippen LogP) is 0.859. The Kier molecular flexibility index (Phi) is 6.69. The van der Waals surface area contributed by atoms with Crippen LogP contribution < -0.4 is 0 Å². The van der Waals surface area contributed by atoms with E-state index in [1.54, 1.807) is 11.9 Å². The standard InChI is InChI=1S/C13H23N3O2/c1-3-16(10-12-6-4-9-18-12)11-13(17)15(2)8-5-7-14/h12H,3-6,8-11H2,1-2H3. The zero-order valence-electron chi connectivity index (χ0n) is 11.4. The van der Waals surface area contributed by atoms with Gasteiger partial charge in [-0.25, -0.2) is 0 Å². The Bertz CT molecular complexity index is 295. The first-order chi connectivity index (χ1) is 8.67. The van der Waals surface area contributed by atoms with Gasteiger partial charge < -0.3 is 9.64 Å². The summed E-state index contributed by atoms with van der Waals surface area (Å²) < 4.78 is 5.58. The van der Waals surface area contributed by atoms with Gasteiger partial charge in [0.05, 0.1) is 25.1 Å². The Balaban J connectivity index is 2.32. The summed E-state index contributed by atoms with van der Waals surface area (Å²) in [5.74, 6) is 0.0742. The molecule has 1 aliphatic heterocycles. The summed E-state index contributed by atoms with van der Waals surface area (Å²) in [5, 5.41) is 8.50. The van der Waals surface area contributed by atoms with E-state index in [4.69, 9.17) is 10.00 Å². The number of carbonyl (C=O) groups excluding carboxylic acids is 1. The molecular formula is C13H23N3O2. The number of nitrogens with zero attached hydrogens (tertiary/aromatic N) is 3. The van der Waals surface area contributed by atoms with Gasteiger partial charge in [0.1, 0.15) is 0 Å². The van der Waals surface area contributed by atoms with Crippen LogP contribution in [-0.2, 0) is 9.53 Å². The van der Waals surface area contributed by atoms with E-state index in [9.17, 15) is 4.79 Å². The molecule has 102 valence electrons. The van der Waals surface area contributed by atoms with Crippen LogP contribution in [0.1, 0.15) is 26.2 Å². The lowest BCUT2D eigenvalue weighted by molar-refractivity contribution is -0.131. The van der Waals surface area contributed by atoms with Crippen LogP contribution >= 0.6 is 0 Å². The first-order valence-corrected chi connectivity index (χ1v) is 6.62. The molecule has 0 aromatic carbocycles. The molecule has 1 heterocycles. The van der Waals surface area contributed by atoms with E-state index in [1.165, 1.54) is 0 Å². The third kappa shape index (κ3) is 5.03. The molecule has 1 fully saturated rings. The van der Waals surface area contributed by atoms with Crippen LogP contribution in [0.3, 0.4) is 0 Å². The molecule has 0 bridgehead atoms. The van der Waals surface area contributed by atoms with Crippen molar-refractivity contribution in [3.63, 3.8) is 0 Å². The highest BCUT2D eigenvalue weighted by Crippen LogP contribution is 2.13. The maximum atomic E-state index is 11.9. The van der Waals surface area contributed by atoms with Gasteiger partial charge in [0.25, 0.3) is 0 Å². The van der Waals surface area contributed by atoms with Crippen molar-refractivity contribution in [2.24, 2.45) is 0 Å². The van der Waals surface area contributed by atoms with E-state index in [0.717, 1.165) is 32.5 Å². The second-order valence-corrected chi connectivity index (χ2v) is 4.69. The third-order valence-electron chi connectivity index (χ3n) is 3.28. The van der Waals surface area contributed by atoms with E-state index in [2.05, 4.69) is 17.9 Å². The molecule has 5 heteroatoms. The smallest absolute Gasteiger partial charge is 0.236 e. The summed E-state index contributed by atoms with van der Waals surface area (Å²) in [6, 6.07) is 2.05. The Labute approximate surface area is 109 Å². The lowest BCUT2D eigenvalue weighted by Gasteiger charge is -2.25. The van der Waals surface area contributed by atoms with Gasteiger partial charge in [0.15, 0.2) is 0 Å². The van der Waals surface area contributed by atoms with Crippen molar-refractivity contribution in [1.29, 1.82) is 5.26 Å². The summed E-state index contributed by atoms with van der Waals surface area (Å²) in [5.41, 5.74) is 0. The van der Waals surface area contributed by atoms with Crippen molar-refractivity contribution < 1.29 is 9.53 Å². The molecule has 0 aromatic heterocycles. The molecular weight excluding hydrogens is 230 g/mol. The number of hydrogen-bond donors (Lipinski definition) is 0. The zero-order valence-corrected chi connectivity index (χ0v) is 11.4. The molecule has 1 saturated heterocycles. The van der Waals surface area contributed by atoms with Gasteiger partial charge in [-0.05, 0) is 19.4 Å². The largest absolute Gasteiger partial charge is 0.377 e. The van der Waals surface area contributed by atoms with E-state index >= 15 is 0 Å². The quantitative estimate of drug-likeness (QED) is 0.675. The molecule has 5 nitrogen and oxygen atoms in total. The fraction of sp³-hybridized carbons (Fsp3) is 0.846. The number of rotatable bonds is 7. The van der Waals surface area contributed by atoms with Crippen LogP contribution in [0.2, 0.25) is 0 Å². The fourth-order valence-corrected chi connectivity index (χ4v) is 2.04. The molecule has 0 N–H and O–H groups in total. The minimum Gasteiger partial charge on any atom is -0.377 e. The number of carbonyl (C=O) groups is 1. The molecule has 0 spiro atoms. The Morgan fingerprint density at radius 2 is 2.33 bits per heavy atom. The Morgan fingerprint density at radius 1 is 1.56 bits per heavy atom. The number of likely N-dealkylation sites (N-methyl/N-ethyl adjacent to an activating group) is 2. The topological polar surface area (TPSA) is 56.6 Å². The molecule has 0 aromatic rings. The molecule has 0 radical (unpaired) electrons. The average molecular weight is 253 g/mol. The zero-order chi connectivity index (χ0) is 13.4. The van der Waals surface area contributed by atoms with Crippen LogP contribution in [0.4, 0.5) is 0 Å². The van der Waals surface area contributed by atoms with Crippen molar-refractivity contribution in [3.05, 3.63) is 0 Å². The number of ether oxygens (including phenoxy) is 1. The van der Waals surface area contributed by atoms with Crippen LogP contribution in [0.25, 0.3) is 0 Å². The van der Waals surface area contributed by atoms with Gasteiger partial charge in [0.2, 0.25) is 5.91 Å². The van der Waals surface area contributed by atoms with Crippen LogP contribution in [-0.4, -0.2) is 61.6 Å². The third-order valence-corrected chi connectivity index (χ3v) is 3.28. The van der Waals surface area contributed by atoms with Crippen LogP contribution in [0.5, 0.6) is 0 Å². The number of hydrogen-bond acceptors (Lipinski definition) is 4. The van der Waals surface area contributed by atoms with Gasteiger partial charge >= 0.3 is 0 Å². The SMILES string of the molecule is CCN(CC(=O)N(C)CCC#N)CC1CCCO1. The van der Waals surface area contributed by atoms with E-state index in [1.807, 2.05) is 0 Å². The second kappa shape index (κ2) is 8.06. The molecule has 0 aliphatic carbocycles. The highest BCUT2D eigenvalue weighted by Gasteiger charge is 2.20. The van der Waals surface area contributed by atoms with Gasteiger partial charge in [-0.15, -0.1) is 0 Å². The highest BCUT2D eigenvalue weighted by atomic mass is 16.5. The van der Waals surface area contributed by atoms with Gasteiger partial charge in [-0.3, -0.25) is 9.69 Å². The molecule has 1 atom stereocenters. The number of nitriles is 1. The van der Waals surface area contributed by atoms with Crippen LogP contribution in [0.15, 0.2) is 0 Å². The summed E-state index contributed by atoms with van der Waals surface area (Å²) in [4.78, 5) is 15.7. The van der Waals surface area contributed by atoms with E-state index < -0.39 is 0 Å². The van der Waals surface area contributed by atoms with Crippen LogP contribution in [0, 0.1) is 11.3 Å². The predicted molar refractivity (Wildman–Crippen MR) is 69.0 cm³/mol. The molecule has 1 unspecified atom stereocenters. The summed E-state index contributed by atoms with van der Waals surface area (Å²) in [6.45, 7) is 5.49. The normalized spacial score (nSPS) is 18.9. The Hall–Kier alpha value is -1.12. The fourth-order valence-electron chi connectivity index (χ4n) is 2.04. The summed E-state index contributed by atoms with van der Waals surface area (Å²) in [6.07, 6.45) is 2.88. The van der Waals surface area contributed by atoms with Gasteiger partial charge in [0, 0.05) is 26.7 Å². The molecule has 1 rings (SSSR count). The lowest BCUT2D eigenvalue weighted by atomic mass is 10.2. The lowest BCUT2D eigenvalue weighted by Crippen LogP contribution is -2.41. The molecule has 18 heavy (non-hydrogen) atoms. The Morgan fingerprint density at radius 3 is 2.89 bits per heavy atom. The minimum atomic E-state index is 0.0742. The van der Waals surface area contributed by atoms with E-state index in [0.29, 0.717) is 19.5 Å². The minimum absolute atomic E-state index is 0.0742. The average Bonchev–Trinajstić information content (AvgIpc) is 2.87. The van der Waals surface area contributed by atoms with Gasteiger partial charge in [-0.2, -0.15) is 5.26 Å². The molecule has 1 aliphatic rings. The summed E-state index contributed by atoms with van der Waals surface area (Å²) in [7, 11) is 1.75. The van der Waals surface area contributed by atoms with Crippen molar-refractivity contribution in [2.75, 3.05) is 39.8 Å². The first-order valence-electron chi connectivity index (χ1n) is 6.62. The van der Waals surface area contributed by atoms with Crippen molar-refractivity contribution in [2.45, 2.75) is 32.3 Å². The highest BCUT2D eigenvalue weighted by molar-refractivity contribution is 5.77.